The maximum atomic E-state index is 13.7. The molecule has 6 nitrogen and oxygen atoms in total. The Kier molecular flexibility index (Phi) is 9.45. The Balaban J connectivity index is 1.84. The predicted octanol–water partition coefficient (Wildman–Crippen LogP) is 2.95. The van der Waals surface area contributed by atoms with Gasteiger partial charge in [-0.1, -0.05) is 36.4 Å². The lowest BCUT2D eigenvalue weighted by Crippen LogP contribution is -2.39. The van der Waals surface area contributed by atoms with Crippen molar-refractivity contribution >= 4 is 15.8 Å². The van der Waals surface area contributed by atoms with Crippen LogP contribution in [0.3, 0.4) is 0 Å². The van der Waals surface area contributed by atoms with E-state index in [-0.39, 0.29) is 12.3 Å². The molecular formula is C23H33FN4O2S. The average Bonchev–Trinajstić information content (AvgIpc) is 2.71. The summed E-state index contributed by atoms with van der Waals surface area (Å²) in [5.74, 6) is 0.0708. The highest BCUT2D eigenvalue weighted by Crippen LogP contribution is 2.14. The van der Waals surface area contributed by atoms with E-state index in [1.54, 1.807) is 7.05 Å². The van der Waals surface area contributed by atoms with Gasteiger partial charge in [0.15, 0.2) is 15.8 Å². The van der Waals surface area contributed by atoms with Gasteiger partial charge in [0.25, 0.3) is 0 Å². The lowest BCUT2D eigenvalue weighted by atomic mass is 10.1. The molecule has 0 spiro atoms. The highest BCUT2D eigenvalue weighted by molar-refractivity contribution is 7.89. The van der Waals surface area contributed by atoms with Crippen molar-refractivity contribution < 1.29 is 12.8 Å². The first kappa shape index (κ1) is 24.8. The summed E-state index contributed by atoms with van der Waals surface area (Å²) >= 11 is 0. The van der Waals surface area contributed by atoms with Gasteiger partial charge in [-0.05, 0) is 49.2 Å². The fraction of sp³-hybridized carbons (Fsp3) is 0.435. The van der Waals surface area contributed by atoms with E-state index in [0.717, 1.165) is 19.5 Å². The fourth-order valence-corrected chi connectivity index (χ4v) is 4.08. The summed E-state index contributed by atoms with van der Waals surface area (Å²) in [6.45, 7) is 4.08. The van der Waals surface area contributed by atoms with Crippen LogP contribution in [0.4, 0.5) is 4.39 Å². The molecule has 0 radical (unpaired) electrons. The van der Waals surface area contributed by atoms with Gasteiger partial charge >= 0.3 is 0 Å². The highest BCUT2D eigenvalue weighted by Gasteiger charge is 2.12. The molecule has 0 amide bonds. The van der Waals surface area contributed by atoms with E-state index in [0.29, 0.717) is 23.1 Å². The zero-order chi connectivity index (χ0) is 22.9. The molecule has 2 aromatic carbocycles. The molecule has 0 fully saturated rings. The topological polar surface area (TPSA) is 73.8 Å². The average molecular weight is 449 g/mol. The maximum absolute atomic E-state index is 13.7. The SMILES string of the molecule is CN=C(NCCC(C)N(C)Cc1ccccc1)NCc1cc(F)ccc1CS(C)(=O)=O. The van der Waals surface area contributed by atoms with E-state index in [9.17, 15) is 12.8 Å². The first-order chi connectivity index (χ1) is 14.7. The quantitative estimate of drug-likeness (QED) is 0.432. The Morgan fingerprint density at radius 3 is 2.48 bits per heavy atom. The normalized spacial score (nSPS) is 13.3. The Bertz CT molecular complexity index is 965. The summed E-state index contributed by atoms with van der Waals surface area (Å²) in [6, 6.07) is 14.9. The molecule has 170 valence electrons. The number of hydrogen-bond acceptors (Lipinski definition) is 4. The van der Waals surface area contributed by atoms with Gasteiger partial charge in [-0.2, -0.15) is 0 Å². The van der Waals surface area contributed by atoms with Gasteiger partial charge in [-0.25, -0.2) is 12.8 Å². The highest BCUT2D eigenvalue weighted by atomic mass is 32.2. The van der Waals surface area contributed by atoms with Crippen LogP contribution in [0, 0.1) is 5.82 Å². The van der Waals surface area contributed by atoms with Crippen LogP contribution >= 0.6 is 0 Å². The number of guanidine groups is 1. The van der Waals surface area contributed by atoms with Crippen molar-refractivity contribution in [3.63, 3.8) is 0 Å². The van der Waals surface area contributed by atoms with Crippen LogP contribution in [0.15, 0.2) is 53.5 Å². The van der Waals surface area contributed by atoms with Crippen LogP contribution in [0.1, 0.15) is 30.0 Å². The van der Waals surface area contributed by atoms with Crippen LogP contribution in [-0.2, 0) is 28.7 Å². The third-order valence-corrected chi connectivity index (χ3v) is 5.97. The van der Waals surface area contributed by atoms with E-state index in [1.807, 2.05) is 18.2 Å². The molecule has 0 bridgehead atoms. The first-order valence-electron chi connectivity index (χ1n) is 10.3. The second kappa shape index (κ2) is 11.8. The van der Waals surface area contributed by atoms with Crippen molar-refractivity contribution in [2.45, 2.75) is 38.2 Å². The Labute approximate surface area is 185 Å². The van der Waals surface area contributed by atoms with E-state index >= 15 is 0 Å². The lowest BCUT2D eigenvalue weighted by Gasteiger charge is -2.25. The van der Waals surface area contributed by atoms with Crippen molar-refractivity contribution in [2.24, 2.45) is 4.99 Å². The first-order valence-corrected chi connectivity index (χ1v) is 12.4. The predicted molar refractivity (Wildman–Crippen MR) is 125 cm³/mol. The molecule has 31 heavy (non-hydrogen) atoms. The third kappa shape index (κ3) is 9.06. The van der Waals surface area contributed by atoms with Crippen LogP contribution in [0.25, 0.3) is 0 Å². The molecule has 1 unspecified atom stereocenters. The van der Waals surface area contributed by atoms with Crippen molar-refractivity contribution in [1.29, 1.82) is 0 Å². The van der Waals surface area contributed by atoms with Crippen LogP contribution in [0.2, 0.25) is 0 Å². The van der Waals surface area contributed by atoms with Gasteiger partial charge in [-0.3, -0.25) is 9.89 Å². The Morgan fingerprint density at radius 1 is 1.13 bits per heavy atom. The number of rotatable bonds is 10. The van der Waals surface area contributed by atoms with Crippen LogP contribution < -0.4 is 10.6 Å². The maximum Gasteiger partial charge on any atom is 0.191 e. The largest absolute Gasteiger partial charge is 0.356 e. The molecule has 1 atom stereocenters. The molecule has 0 aromatic heterocycles. The van der Waals surface area contributed by atoms with Gasteiger partial charge in [0, 0.05) is 39.0 Å². The van der Waals surface area contributed by atoms with E-state index in [1.165, 1.54) is 30.0 Å². The molecule has 0 heterocycles. The number of sulfone groups is 1. The number of aliphatic imine (C=N–C) groups is 1. The summed E-state index contributed by atoms with van der Waals surface area (Å²) in [7, 11) is 0.567. The van der Waals surface area contributed by atoms with Crippen molar-refractivity contribution in [1.82, 2.24) is 15.5 Å². The number of nitrogens with one attached hydrogen (secondary N) is 2. The van der Waals surface area contributed by atoms with Gasteiger partial charge in [0.05, 0.1) is 5.75 Å². The molecule has 0 aliphatic rings. The number of halogens is 1. The second-order valence-corrected chi connectivity index (χ2v) is 10.0. The smallest absolute Gasteiger partial charge is 0.191 e. The molecular weight excluding hydrogens is 415 g/mol. The molecule has 0 saturated heterocycles. The number of nitrogens with zero attached hydrogens (tertiary/aromatic N) is 2. The lowest BCUT2D eigenvalue weighted by molar-refractivity contribution is 0.238. The van der Waals surface area contributed by atoms with E-state index in [2.05, 4.69) is 46.6 Å². The Hall–Kier alpha value is -2.45. The number of hydrogen-bond donors (Lipinski definition) is 2. The van der Waals surface area contributed by atoms with Crippen LogP contribution in [0.5, 0.6) is 0 Å². The molecule has 2 rings (SSSR count). The summed E-state index contributed by atoms with van der Waals surface area (Å²) in [4.78, 5) is 6.51. The zero-order valence-electron chi connectivity index (χ0n) is 18.7. The minimum absolute atomic E-state index is 0.123. The van der Waals surface area contributed by atoms with Crippen molar-refractivity contribution in [3.05, 3.63) is 71.0 Å². The molecule has 0 aliphatic heterocycles. The van der Waals surface area contributed by atoms with E-state index in [4.69, 9.17) is 0 Å². The summed E-state index contributed by atoms with van der Waals surface area (Å²) < 4.78 is 37.0. The zero-order valence-corrected chi connectivity index (χ0v) is 19.5. The van der Waals surface area contributed by atoms with Crippen molar-refractivity contribution in [2.75, 3.05) is 26.9 Å². The number of benzene rings is 2. The molecule has 0 aliphatic carbocycles. The molecule has 2 aromatic rings. The third-order valence-electron chi connectivity index (χ3n) is 5.14. The molecule has 0 saturated carbocycles. The fourth-order valence-electron chi connectivity index (χ4n) is 3.23. The van der Waals surface area contributed by atoms with Gasteiger partial charge < -0.3 is 10.6 Å². The van der Waals surface area contributed by atoms with Gasteiger partial charge in [0.1, 0.15) is 5.82 Å². The minimum atomic E-state index is -3.21. The standard InChI is InChI=1S/C23H33FN4O2S/c1-18(28(3)16-19-8-6-5-7-9-19)12-13-26-23(25-2)27-15-21-14-22(24)11-10-20(21)17-31(4,29)30/h5-11,14,18H,12-13,15-17H2,1-4H3,(H2,25,26,27). The van der Waals surface area contributed by atoms with Crippen molar-refractivity contribution in [3.8, 4) is 0 Å². The van der Waals surface area contributed by atoms with Crippen LogP contribution in [-0.4, -0.2) is 52.2 Å². The second-order valence-electron chi connectivity index (χ2n) is 7.87. The summed E-state index contributed by atoms with van der Waals surface area (Å²) in [6.07, 6.45) is 2.09. The minimum Gasteiger partial charge on any atom is -0.356 e. The monoisotopic (exact) mass is 448 g/mol. The van der Waals surface area contributed by atoms with Gasteiger partial charge in [0.2, 0.25) is 0 Å². The van der Waals surface area contributed by atoms with Gasteiger partial charge in [-0.15, -0.1) is 0 Å². The summed E-state index contributed by atoms with van der Waals surface area (Å²) in [5, 5.41) is 6.42. The van der Waals surface area contributed by atoms with E-state index < -0.39 is 15.7 Å². The molecule has 2 N–H and O–H groups in total. The molecule has 8 heteroatoms. The summed E-state index contributed by atoms with van der Waals surface area (Å²) in [5.41, 5.74) is 2.47. The Morgan fingerprint density at radius 2 is 1.84 bits per heavy atom.